The molecule has 0 bridgehead atoms. The lowest BCUT2D eigenvalue weighted by Gasteiger charge is -2.21. The lowest BCUT2D eigenvalue weighted by Crippen LogP contribution is -2.29. The molecular weight excluding hydrogens is 188 g/mol. The van der Waals surface area contributed by atoms with E-state index >= 15 is 0 Å². The van der Waals surface area contributed by atoms with E-state index in [0.717, 1.165) is 25.5 Å². The van der Waals surface area contributed by atoms with E-state index in [-0.39, 0.29) is 0 Å². The molecule has 15 heavy (non-hydrogen) atoms. The van der Waals surface area contributed by atoms with Crippen molar-refractivity contribution in [1.29, 1.82) is 0 Å². The lowest BCUT2D eigenvalue weighted by molar-refractivity contribution is 0.113. The third-order valence-corrected chi connectivity index (χ3v) is 2.71. The monoisotopic (exact) mass is 212 g/mol. The average molecular weight is 212 g/mol. The summed E-state index contributed by atoms with van der Waals surface area (Å²) in [7, 11) is 0. The molecule has 0 aromatic heterocycles. The first kappa shape index (κ1) is 12.5. The van der Waals surface area contributed by atoms with Gasteiger partial charge in [0.2, 0.25) is 0 Å². The molecule has 0 aromatic rings. The van der Waals surface area contributed by atoms with Crippen molar-refractivity contribution in [2.45, 2.75) is 39.5 Å². The zero-order valence-electron chi connectivity index (χ0n) is 10.1. The minimum atomic E-state index is 0.734. The zero-order chi connectivity index (χ0) is 10.9. The fraction of sp³-hybridized carbons (Fsp3) is 0.917. The van der Waals surface area contributed by atoms with Crippen LogP contribution in [0, 0.1) is 5.92 Å². The highest BCUT2D eigenvalue weighted by molar-refractivity contribution is 5.56. The van der Waals surface area contributed by atoms with Crippen LogP contribution in [0.15, 0.2) is 5.16 Å². The van der Waals surface area contributed by atoms with E-state index in [1.165, 1.54) is 32.4 Å². The highest BCUT2D eigenvalue weighted by Crippen LogP contribution is 2.06. The molecule has 1 heterocycles. The molecule has 0 atom stereocenters. The van der Waals surface area contributed by atoms with Crippen LogP contribution in [-0.4, -0.2) is 37.4 Å². The second kappa shape index (κ2) is 7.69. The van der Waals surface area contributed by atoms with Crippen molar-refractivity contribution in [3.63, 3.8) is 0 Å². The van der Waals surface area contributed by atoms with Gasteiger partial charge < -0.3 is 4.84 Å². The molecule has 0 radical (unpaired) electrons. The number of rotatable bonds is 4. The quantitative estimate of drug-likeness (QED) is 0.715. The molecule has 1 aliphatic rings. The Kier molecular flexibility index (Phi) is 6.41. The van der Waals surface area contributed by atoms with E-state index in [1.54, 1.807) is 0 Å². The van der Waals surface area contributed by atoms with Crippen LogP contribution < -0.4 is 0 Å². The van der Waals surface area contributed by atoms with Crippen LogP contribution in [0.5, 0.6) is 0 Å². The summed E-state index contributed by atoms with van der Waals surface area (Å²) in [5.41, 5.74) is 0. The number of oxime groups is 1. The Bertz CT molecular complexity index is 168. The van der Waals surface area contributed by atoms with Crippen molar-refractivity contribution in [3.05, 3.63) is 0 Å². The van der Waals surface area contributed by atoms with Crippen LogP contribution >= 0.6 is 0 Å². The molecule has 1 rings (SSSR count). The maximum atomic E-state index is 5.14. The molecular formula is C12H24N2O. The largest absolute Gasteiger partial charge is 0.395 e. The van der Waals surface area contributed by atoms with E-state index < -0.39 is 0 Å². The maximum Gasteiger partial charge on any atom is 0.129 e. The zero-order valence-corrected chi connectivity index (χ0v) is 10.1. The summed E-state index contributed by atoms with van der Waals surface area (Å²) in [5, 5.41) is 3.88. The standard InChI is InChI=1S/C12H24N2O/c1-12(2)6-5-9-14-8-4-3-7-13-15-11-10-14/h7,12H,3-6,8-11H2,1-2H3/b13-7-. The summed E-state index contributed by atoms with van der Waals surface area (Å²) >= 11 is 0. The van der Waals surface area contributed by atoms with Crippen molar-refractivity contribution >= 4 is 6.21 Å². The van der Waals surface area contributed by atoms with Gasteiger partial charge in [-0.15, -0.1) is 0 Å². The van der Waals surface area contributed by atoms with Crippen LogP contribution in [0.2, 0.25) is 0 Å². The van der Waals surface area contributed by atoms with Crippen molar-refractivity contribution in [1.82, 2.24) is 4.90 Å². The Hall–Kier alpha value is -0.570. The first-order chi connectivity index (χ1) is 7.29. The van der Waals surface area contributed by atoms with E-state index in [9.17, 15) is 0 Å². The normalized spacial score (nSPS) is 21.5. The van der Waals surface area contributed by atoms with Gasteiger partial charge in [0.25, 0.3) is 0 Å². The molecule has 0 fully saturated rings. The molecule has 0 N–H and O–H groups in total. The predicted molar refractivity (Wildman–Crippen MR) is 64.2 cm³/mol. The second-order valence-electron chi connectivity index (χ2n) is 4.64. The van der Waals surface area contributed by atoms with E-state index in [0.29, 0.717) is 0 Å². The summed E-state index contributed by atoms with van der Waals surface area (Å²) in [6.07, 6.45) is 6.76. The molecule has 88 valence electrons. The molecule has 0 amide bonds. The molecule has 3 nitrogen and oxygen atoms in total. The van der Waals surface area contributed by atoms with Crippen molar-refractivity contribution in [2.75, 3.05) is 26.2 Å². The molecule has 0 aromatic carbocycles. The van der Waals surface area contributed by atoms with E-state index in [4.69, 9.17) is 4.84 Å². The Morgan fingerprint density at radius 2 is 2.27 bits per heavy atom. The summed E-state index contributed by atoms with van der Waals surface area (Å²) in [5.74, 6) is 0.821. The van der Waals surface area contributed by atoms with Crippen LogP contribution in [0.3, 0.4) is 0 Å². The third kappa shape index (κ3) is 6.50. The molecule has 0 saturated heterocycles. The first-order valence-corrected chi connectivity index (χ1v) is 6.15. The van der Waals surface area contributed by atoms with Crippen LogP contribution in [0.1, 0.15) is 39.5 Å². The Morgan fingerprint density at radius 3 is 3.07 bits per heavy atom. The van der Waals surface area contributed by atoms with E-state index in [1.807, 2.05) is 6.21 Å². The minimum absolute atomic E-state index is 0.734. The van der Waals surface area contributed by atoms with Gasteiger partial charge in [-0.2, -0.15) is 0 Å². The first-order valence-electron chi connectivity index (χ1n) is 6.15. The highest BCUT2D eigenvalue weighted by atomic mass is 16.6. The maximum absolute atomic E-state index is 5.14. The van der Waals surface area contributed by atoms with Gasteiger partial charge in [-0.1, -0.05) is 19.0 Å². The van der Waals surface area contributed by atoms with E-state index in [2.05, 4.69) is 23.9 Å². The number of hydrogen-bond acceptors (Lipinski definition) is 3. The molecule has 0 aliphatic carbocycles. The third-order valence-electron chi connectivity index (χ3n) is 2.71. The fourth-order valence-electron chi connectivity index (χ4n) is 1.79. The van der Waals surface area contributed by atoms with Crippen molar-refractivity contribution in [3.8, 4) is 0 Å². The van der Waals surface area contributed by atoms with Gasteiger partial charge in [0.1, 0.15) is 6.61 Å². The van der Waals surface area contributed by atoms with Crippen molar-refractivity contribution < 1.29 is 4.84 Å². The number of hydrogen-bond donors (Lipinski definition) is 0. The highest BCUT2D eigenvalue weighted by Gasteiger charge is 2.06. The Balaban J connectivity index is 2.15. The van der Waals surface area contributed by atoms with Gasteiger partial charge in [-0.25, -0.2) is 0 Å². The Labute approximate surface area is 93.5 Å². The smallest absolute Gasteiger partial charge is 0.129 e. The molecule has 3 heteroatoms. The lowest BCUT2D eigenvalue weighted by atomic mass is 10.1. The molecule has 0 spiro atoms. The molecule has 0 saturated carbocycles. The van der Waals surface area contributed by atoms with Gasteiger partial charge in [0.05, 0.1) is 0 Å². The van der Waals surface area contributed by atoms with Gasteiger partial charge in [0.15, 0.2) is 0 Å². The van der Waals surface area contributed by atoms with Crippen LogP contribution in [-0.2, 0) is 4.84 Å². The van der Waals surface area contributed by atoms with Crippen molar-refractivity contribution in [2.24, 2.45) is 11.1 Å². The predicted octanol–water partition coefficient (Wildman–Crippen LogP) is 2.52. The van der Waals surface area contributed by atoms with Crippen LogP contribution in [0.25, 0.3) is 0 Å². The topological polar surface area (TPSA) is 24.8 Å². The SMILES string of the molecule is CC(C)CCCN1CCC/C=N\OCC1. The molecule has 1 aliphatic heterocycles. The summed E-state index contributed by atoms with van der Waals surface area (Å²) in [4.78, 5) is 7.64. The summed E-state index contributed by atoms with van der Waals surface area (Å²) in [6.45, 7) is 8.73. The molecule has 0 unspecified atom stereocenters. The van der Waals surface area contributed by atoms with Gasteiger partial charge in [-0.05, 0) is 44.7 Å². The Morgan fingerprint density at radius 1 is 1.40 bits per heavy atom. The number of nitrogens with zero attached hydrogens (tertiary/aromatic N) is 2. The van der Waals surface area contributed by atoms with Gasteiger partial charge >= 0.3 is 0 Å². The fourth-order valence-corrected chi connectivity index (χ4v) is 1.79. The summed E-state index contributed by atoms with van der Waals surface area (Å²) < 4.78 is 0. The van der Waals surface area contributed by atoms with Crippen LogP contribution in [0.4, 0.5) is 0 Å². The minimum Gasteiger partial charge on any atom is -0.395 e. The summed E-state index contributed by atoms with van der Waals surface area (Å²) in [6, 6.07) is 0. The average Bonchev–Trinajstić information content (AvgIpc) is 2.31. The van der Waals surface area contributed by atoms with Gasteiger partial charge in [0, 0.05) is 12.8 Å². The second-order valence-corrected chi connectivity index (χ2v) is 4.64. The van der Waals surface area contributed by atoms with Gasteiger partial charge in [-0.3, -0.25) is 4.90 Å².